The van der Waals surface area contributed by atoms with Crippen molar-refractivity contribution >= 4 is 17.5 Å². The molecule has 6 atom stereocenters. The molecule has 0 radical (unpaired) electrons. The van der Waals surface area contributed by atoms with E-state index in [1.807, 2.05) is 18.2 Å². The number of carbonyl (C=O) groups excluding carboxylic acids is 1. The summed E-state index contributed by atoms with van der Waals surface area (Å²) in [5.41, 5.74) is 0.370. The van der Waals surface area contributed by atoms with Crippen LogP contribution < -0.4 is 5.32 Å². The van der Waals surface area contributed by atoms with Crippen LogP contribution in [0.3, 0.4) is 0 Å². The molecule has 25 heavy (non-hydrogen) atoms. The number of aliphatic hydroxyl groups is 1. The summed E-state index contributed by atoms with van der Waals surface area (Å²) in [6.45, 7) is 0. The Hall–Kier alpha value is -1.06. The third kappa shape index (κ3) is 2.71. The van der Waals surface area contributed by atoms with Gasteiger partial charge in [-0.1, -0.05) is 30.3 Å². The Morgan fingerprint density at radius 1 is 1.20 bits per heavy atom. The Morgan fingerprint density at radius 2 is 1.96 bits per heavy atom. The van der Waals surface area contributed by atoms with Crippen LogP contribution in [-0.4, -0.2) is 21.5 Å². The number of nitrogens with one attached hydrogen (secondary N) is 1. The van der Waals surface area contributed by atoms with Crippen LogP contribution in [0.15, 0.2) is 30.3 Å². The molecule has 1 aromatic carbocycles. The van der Waals surface area contributed by atoms with Gasteiger partial charge in [-0.15, -0.1) is 11.6 Å². The van der Waals surface area contributed by atoms with Crippen molar-refractivity contribution in [3.8, 4) is 0 Å². The molecule has 134 valence electrons. The summed E-state index contributed by atoms with van der Waals surface area (Å²) in [5.74, 6) is 1.35. The van der Waals surface area contributed by atoms with Gasteiger partial charge in [0.25, 0.3) is 0 Å². The number of rotatable bonds is 4. The van der Waals surface area contributed by atoms with Crippen LogP contribution in [0.25, 0.3) is 0 Å². The van der Waals surface area contributed by atoms with Crippen molar-refractivity contribution in [1.29, 1.82) is 0 Å². The number of halogens is 1. The van der Waals surface area contributed by atoms with Gasteiger partial charge in [0.05, 0.1) is 11.6 Å². The van der Waals surface area contributed by atoms with Gasteiger partial charge in [0.1, 0.15) is 0 Å². The highest BCUT2D eigenvalue weighted by molar-refractivity contribution is 6.24. The molecule has 5 aliphatic carbocycles. The quantitative estimate of drug-likeness (QED) is 0.803. The lowest BCUT2D eigenvalue weighted by atomic mass is 9.47. The van der Waals surface area contributed by atoms with Gasteiger partial charge in [0.15, 0.2) is 0 Å². The fourth-order valence-corrected chi connectivity index (χ4v) is 6.94. The minimum atomic E-state index is -0.747. The van der Waals surface area contributed by atoms with Crippen LogP contribution in [0.5, 0.6) is 0 Å². The van der Waals surface area contributed by atoms with Crippen LogP contribution in [0.2, 0.25) is 0 Å². The van der Waals surface area contributed by atoms with E-state index < -0.39 is 5.60 Å². The second kappa shape index (κ2) is 5.47. The lowest BCUT2D eigenvalue weighted by Gasteiger charge is -2.63. The average molecular weight is 360 g/mol. The minimum Gasteiger partial charge on any atom is -0.389 e. The van der Waals surface area contributed by atoms with Crippen molar-refractivity contribution in [3.63, 3.8) is 0 Å². The Bertz CT molecular complexity index is 690. The largest absolute Gasteiger partial charge is 0.389 e. The zero-order chi connectivity index (χ0) is 17.2. The molecule has 1 unspecified atom stereocenters. The number of carbonyl (C=O) groups is 1. The summed E-state index contributed by atoms with van der Waals surface area (Å²) in [4.78, 5) is 12.3. The van der Waals surface area contributed by atoms with Gasteiger partial charge < -0.3 is 10.4 Å². The predicted molar refractivity (Wildman–Crippen MR) is 97.1 cm³/mol. The molecular formula is C21H26ClNO2. The number of amides is 1. The standard InChI is InChI=1S/C21H26ClNO2/c22-20-9-13-8-16(11-20)17(21(25,10-13)12-20)18(14-4-2-1-3-5-14)23-19(24)15-6-7-15/h1-5,13,15-18,25H,6-12H2,(H,23,24)/t13-,16+,17-,18?,20+,21+/m1/s1. The number of hydrogen-bond donors (Lipinski definition) is 2. The number of hydrogen-bond acceptors (Lipinski definition) is 2. The summed E-state index contributed by atoms with van der Waals surface area (Å²) in [5, 5.41) is 14.9. The molecule has 1 aromatic rings. The van der Waals surface area contributed by atoms with Crippen LogP contribution in [0, 0.1) is 23.7 Å². The van der Waals surface area contributed by atoms with E-state index in [2.05, 4.69) is 17.4 Å². The Labute approximate surface area is 154 Å². The van der Waals surface area contributed by atoms with Crippen LogP contribution in [0.1, 0.15) is 56.6 Å². The Balaban J connectivity index is 1.51. The first-order chi connectivity index (χ1) is 12.0. The molecule has 1 amide bonds. The van der Waals surface area contributed by atoms with Crippen LogP contribution in [-0.2, 0) is 4.79 Å². The van der Waals surface area contributed by atoms with E-state index in [0.717, 1.165) is 44.1 Å². The normalized spacial score (nSPS) is 43.0. The third-order valence-corrected chi connectivity index (χ3v) is 7.52. The number of benzene rings is 1. The Kier molecular flexibility index (Phi) is 3.53. The summed E-state index contributed by atoms with van der Waals surface area (Å²) in [6.07, 6.45) is 6.67. The zero-order valence-electron chi connectivity index (χ0n) is 14.5. The van der Waals surface area contributed by atoms with Crippen molar-refractivity contribution in [3.05, 3.63) is 35.9 Å². The van der Waals surface area contributed by atoms with E-state index in [0.29, 0.717) is 18.3 Å². The van der Waals surface area contributed by atoms with Crippen molar-refractivity contribution in [2.24, 2.45) is 23.7 Å². The third-order valence-electron chi connectivity index (χ3n) is 7.08. The second-order valence-corrected chi connectivity index (χ2v) is 9.90. The van der Waals surface area contributed by atoms with Gasteiger partial charge in [0, 0.05) is 16.7 Å². The van der Waals surface area contributed by atoms with E-state index >= 15 is 0 Å². The van der Waals surface area contributed by atoms with E-state index in [-0.39, 0.29) is 28.7 Å². The lowest BCUT2D eigenvalue weighted by Crippen LogP contribution is -2.64. The van der Waals surface area contributed by atoms with Gasteiger partial charge >= 0.3 is 0 Å². The molecule has 0 saturated heterocycles. The first-order valence-electron chi connectivity index (χ1n) is 9.72. The zero-order valence-corrected chi connectivity index (χ0v) is 15.2. The fourth-order valence-electron chi connectivity index (χ4n) is 6.29. The molecule has 6 rings (SSSR count). The van der Waals surface area contributed by atoms with Gasteiger partial charge in [0.2, 0.25) is 5.91 Å². The van der Waals surface area contributed by atoms with Crippen molar-refractivity contribution < 1.29 is 9.90 Å². The van der Waals surface area contributed by atoms with Crippen LogP contribution >= 0.6 is 11.6 Å². The van der Waals surface area contributed by atoms with E-state index in [1.165, 1.54) is 0 Å². The molecule has 3 nitrogen and oxygen atoms in total. The highest BCUT2D eigenvalue weighted by Crippen LogP contribution is 2.64. The highest BCUT2D eigenvalue weighted by Gasteiger charge is 2.63. The smallest absolute Gasteiger partial charge is 0.223 e. The summed E-state index contributed by atoms with van der Waals surface area (Å²) in [7, 11) is 0. The fraction of sp³-hybridized carbons (Fsp3) is 0.667. The molecule has 5 saturated carbocycles. The molecule has 0 spiro atoms. The van der Waals surface area contributed by atoms with Gasteiger partial charge in [-0.3, -0.25) is 4.79 Å². The first kappa shape index (κ1) is 16.1. The summed E-state index contributed by atoms with van der Waals surface area (Å²) in [6, 6.07) is 10.1. The molecule has 4 bridgehead atoms. The maximum atomic E-state index is 12.6. The number of alkyl halides is 1. The predicted octanol–water partition coefficient (Wildman–Crippen LogP) is 3.80. The monoisotopic (exact) mass is 359 g/mol. The highest BCUT2D eigenvalue weighted by atomic mass is 35.5. The van der Waals surface area contributed by atoms with Crippen LogP contribution in [0.4, 0.5) is 0 Å². The van der Waals surface area contributed by atoms with Crippen molar-refractivity contribution in [2.75, 3.05) is 0 Å². The van der Waals surface area contributed by atoms with Gasteiger partial charge in [-0.25, -0.2) is 0 Å². The maximum absolute atomic E-state index is 12.6. The minimum absolute atomic E-state index is 0.0704. The lowest BCUT2D eigenvalue weighted by molar-refractivity contribution is -0.175. The molecule has 5 fully saturated rings. The second-order valence-electron chi connectivity index (χ2n) is 9.10. The van der Waals surface area contributed by atoms with Gasteiger partial charge in [-0.2, -0.15) is 0 Å². The topological polar surface area (TPSA) is 49.3 Å². The molecule has 5 aliphatic rings. The molecule has 0 heterocycles. The molecule has 2 N–H and O–H groups in total. The Morgan fingerprint density at radius 3 is 2.60 bits per heavy atom. The summed E-state index contributed by atoms with van der Waals surface area (Å²) >= 11 is 6.86. The molecule has 4 heteroatoms. The van der Waals surface area contributed by atoms with E-state index in [1.54, 1.807) is 0 Å². The van der Waals surface area contributed by atoms with Gasteiger partial charge in [-0.05, 0) is 62.3 Å². The summed E-state index contributed by atoms with van der Waals surface area (Å²) < 4.78 is 0. The van der Waals surface area contributed by atoms with E-state index in [4.69, 9.17) is 11.6 Å². The van der Waals surface area contributed by atoms with E-state index in [9.17, 15) is 9.90 Å². The van der Waals surface area contributed by atoms with Crippen molar-refractivity contribution in [2.45, 2.75) is 61.5 Å². The molecular weight excluding hydrogens is 334 g/mol. The van der Waals surface area contributed by atoms with Crippen molar-refractivity contribution in [1.82, 2.24) is 5.32 Å². The maximum Gasteiger partial charge on any atom is 0.223 e. The average Bonchev–Trinajstić information content (AvgIpc) is 3.36. The first-order valence-corrected chi connectivity index (χ1v) is 10.1. The molecule has 0 aliphatic heterocycles. The molecule has 0 aromatic heterocycles. The SMILES string of the molecule is O=C(NC(c1ccccc1)[C@H]1[C@H]2C[C@@H]3C[C@](Cl)(C2)C[C@@]1(O)C3)C1CC1.